The van der Waals surface area contributed by atoms with Gasteiger partial charge in [0.2, 0.25) is 0 Å². The molecule has 0 spiro atoms. The number of hydrogen-bond donors (Lipinski definition) is 0. The standard InChI is InChI=1S/C14H9ClF3N3/c1-7-2-3-19-14-12(7)20-11(6-15)21(14)13-9(17)4-8(16)5-10(13)18/h2-5H,6H2,1H3. The van der Waals surface area contributed by atoms with Gasteiger partial charge in [-0.15, -0.1) is 11.6 Å². The number of aromatic nitrogens is 3. The van der Waals surface area contributed by atoms with Crippen molar-refractivity contribution in [3.63, 3.8) is 0 Å². The molecule has 0 unspecified atom stereocenters. The second kappa shape index (κ2) is 5.04. The van der Waals surface area contributed by atoms with Crippen LogP contribution >= 0.6 is 11.6 Å². The maximum atomic E-state index is 14.0. The normalized spacial score (nSPS) is 11.3. The number of fused-ring (bicyclic) bond motifs is 1. The van der Waals surface area contributed by atoms with Crippen LogP contribution in [0.2, 0.25) is 0 Å². The molecule has 3 nitrogen and oxygen atoms in total. The van der Waals surface area contributed by atoms with E-state index >= 15 is 0 Å². The van der Waals surface area contributed by atoms with Crippen LogP contribution in [0.25, 0.3) is 16.9 Å². The zero-order chi connectivity index (χ0) is 15.1. The van der Waals surface area contributed by atoms with Crippen molar-refractivity contribution in [3.8, 4) is 5.69 Å². The minimum Gasteiger partial charge on any atom is -0.274 e. The van der Waals surface area contributed by atoms with Crippen molar-refractivity contribution < 1.29 is 13.2 Å². The number of pyridine rings is 1. The van der Waals surface area contributed by atoms with E-state index in [2.05, 4.69) is 9.97 Å². The fraction of sp³-hybridized carbons (Fsp3) is 0.143. The second-order valence-electron chi connectivity index (χ2n) is 4.52. The van der Waals surface area contributed by atoms with Crippen LogP contribution in [0.4, 0.5) is 13.2 Å². The molecule has 0 radical (unpaired) electrons. The largest absolute Gasteiger partial charge is 0.274 e. The number of aryl methyl sites for hydroxylation is 1. The number of imidazole rings is 1. The number of rotatable bonds is 2. The van der Waals surface area contributed by atoms with Gasteiger partial charge < -0.3 is 0 Å². The lowest BCUT2D eigenvalue weighted by atomic mass is 10.2. The first kappa shape index (κ1) is 13.9. The molecular weight excluding hydrogens is 303 g/mol. The van der Waals surface area contributed by atoms with Gasteiger partial charge in [0, 0.05) is 18.3 Å². The van der Waals surface area contributed by atoms with Gasteiger partial charge in [-0.2, -0.15) is 0 Å². The summed E-state index contributed by atoms with van der Waals surface area (Å²) < 4.78 is 42.3. The summed E-state index contributed by atoms with van der Waals surface area (Å²) in [7, 11) is 0. The molecule has 1 aromatic carbocycles. The van der Waals surface area contributed by atoms with Crippen LogP contribution in [0.3, 0.4) is 0 Å². The molecule has 0 fully saturated rings. The van der Waals surface area contributed by atoms with Gasteiger partial charge in [-0.25, -0.2) is 23.1 Å². The first-order valence-electron chi connectivity index (χ1n) is 6.06. The highest BCUT2D eigenvalue weighted by molar-refractivity contribution is 6.17. The van der Waals surface area contributed by atoms with Crippen LogP contribution in [0.5, 0.6) is 0 Å². The van der Waals surface area contributed by atoms with E-state index in [0.29, 0.717) is 17.6 Å². The van der Waals surface area contributed by atoms with Crippen LogP contribution in [0.1, 0.15) is 11.4 Å². The Morgan fingerprint density at radius 1 is 1.19 bits per heavy atom. The maximum absolute atomic E-state index is 14.0. The summed E-state index contributed by atoms with van der Waals surface area (Å²) in [5, 5.41) is 0. The maximum Gasteiger partial charge on any atom is 0.165 e. The summed E-state index contributed by atoms with van der Waals surface area (Å²) in [6.07, 6.45) is 1.51. The topological polar surface area (TPSA) is 30.7 Å². The molecule has 21 heavy (non-hydrogen) atoms. The van der Waals surface area contributed by atoms with Crippen molar-refractivity contribution in [2.24, 2.45) is 0 Å². The molecule has 2 heterocycles. The molecule has 0 atom stereocenters. The van der Waals surface area contributed by atoms with Gasteiger partial charge >= 0.3 is 0 Å². The predicted octanol–water partition coefficient (Wildman–Crippen LogP) is 3.89. The predicted molar refractivity (Wildman–Crippen MR) is 73.0 cm³/mol. The molecule has 108 valence electrons. The Balaban J connectivity index is 2.42. The van der Waals surface area contributed by atoms with Crippen molar-refractivity contribution in [2.45, 2.75) is 12.8 Å². The average molecular weight is 312 g/mol. The SMILES string of the molecule is Cc1ccnc2c1nc(CCl)n2-c1c(F)cc(F)cc1F. The van der Waals surface area contributed by atoms with Crippen molar-refractivity contribution in [1.29, 1.82) is 0 Å². The van der Waals surface area contributed by atoms with Gasteiger partial charge in [-0.05, 0) is 18.6 Å². The van der Waals surface area contributed by atoms with Gasteiger partial charge in [0.25, 0.3) is 0 Å². The van der Waals surface area contributed by atoms with Crippen molar-refractivity contribution in [3.05, 3.63) is 53.2 Å². The van der Waals surface area contributed by atoms with Crippen LogP contribution in [-0.4, -0.2) is 14.5 Å². The van der Waals surface area contributed by atoms with Gasteiger partial charge in [-0.3, -0.25) is 4.57 Å². The summed E-state index contributed by atoms with van der Waals surface area (Å²) in [6, 6.07) is 2.95. The summed E-state index contributed by atoms with van der Waals surface area (Å²) in [5.74, 6) is -2.90. The molecule has 0 bridgehead atoms. The van der Waals surface area contributed by atoms with E-state index in [0.717, 1.165) is 5.56 Å². The molecule has 0 amide bonds. The van der Waals surface area contributed by atoms with E-state index in [1.54, 1.807) is 13.0 Å². The average Bonchev–Trinajstić information content (AvgIpc) is 2.78. The minimum absolute atomic E-state index is 0.0634. The third-order valence-electron chi connectivity index (χ3n) is 3.14. The Hall–Kier alpha value is -2.08. The number of halogens is 4. The number of benzene rings is 1. The van der Waals surface area contributed by atoms with Crippen molar-refractivity contribution in [1.82, 2.24) is 14.5 Å². The molecule has 0 saturated carbocycles. The van der Waals surface area contributed by atoms with Crippen molar-refractivity contribution in [2.75, 3.05) is 0 Å². The Morgan fingerprint density at radius 3 is 2.48 bits per heavy atom. The molecule has 0 aliphatic carbocycles. The summed E-state index contributed by atoms with van der Waals surface area (Å²) in [4.78, 5) is 8.36. The Bertz CT molecular complexity index is 822. The van der Waals surface area contributed by atoms with Crippen LogP contribution < -0.4 is 0 Å². The van der Waals surface area contributed by atoms with E-state index < -0.39 is 23.1 Å². The first-order chi connectivity index (χ1) is 10.0. The van der Waals surface area contributed by atoms with Crippen molar-refractivity contribution >= 4 is 22.8 Å². The van der Waals surface area contributed by atoms with Crippen LogP contribution in [-0.2, 0) is 5.88 Å². The fourth-order valence-electron chi connectivity index (χ4n) is 2.21. The highest BCUT2D eigenvalue weighted by atomic mass is 35.5. The summed E-state index contributed by atoms with van der Waals surface area (Å²) in [6.45, 7) is 1.80. The lowest BCUT2D eigenvalue weighted by Crippen LogP contribution is -2.06. The van der Waals surface area contributed by atoms with Gasteiger partial charge in [0.05, 0.1) is 5.88 Å². The van der Waals surface area contributed by atoms with Gasteiger partial charge in [0.15, 0.2) is 17.3 Å². The molecule has 7 heteroatoms. The fourth-order valence-corrected chi connectivity index (χ4v) is 2.39. The summed E-state index contributed by atoms with van der Waals surface area (Å²) in [5.41, 5.74) is 1.13. The molecule has 0 saturated heterocycles. The number of alkyl halides is 1. The third kappa shape index (κ3) is 2.15. The second-order valence-corrected chi connectivity index (χ2v) is 4.78. The first-order valence-corrected chi connectivity index (χ1v) is 6.60. The minimum atomic E-state index is -1.04. The zero-order valence-corrected chi connectivity index (χ0v) is 11.6. The quantitative estimate of drug-likeness (QED) is 0.672. The van der Waals surface area contributed by atoms with E-state index in [4.69, 9.17) is 11.6 Å². The van der Waals surface area contributed by atoms with Crippen LogP contribution in [0, 0.1) is 24.4 Å². The monoisotopic (exact) mass is 311 g/mol. The molecule has 3 rings (SSSR count). The van der Waals surface area contributed by atoms with E-state index in [-0.39, 0.29) is 17.4 Å². The zero-order valence-electron chi connectivity index (χ0n) is 10.9. The molecule has 3 aromatic rings. The highest BCUT2D eigenvalue weighted by Crippen LogP contribution is 2.27. The Labute approximate surface area is 123 Å². The molecule has 2 aromatic heterocycles. The lowest BCUT2D eigenvalue weighted by Gasteiger charge is -2.09. The number of nitrogens with zero attached hydrogens (tertiary/aromatic N) is 3. The van der Waals surface area contributed by atoms with E-state index in [9.17, 15) is 13.2 Å². The molecule has 0 aliphatic heterocycles. The Morgan fingerprint density at radius 2 is 1.86 bits per heavy atom. The highest BCUT2D eigenvalue weighted by Gasteiger charge is 2.21. The number of hydrogen-bond acceptors (Lipinski definition) is 2. The molecule has 0 aliphatic rings. The van der Waals surface area contributed by atoms with E-state index in [1.165, 1.54) is 10.8 Å². The third-order valence-corrected chi connectivity index (χ3v) is 3.38. The Kier molecular flexibility index (Phi) is 3.33. The molecule has 0 N–H and O–H groups in total. The van der Waals surface area contributed by atoms with E-state index in [1.807, 2.05) is 0 Å². The van der Waals surface area contributed by atoms with Crippen LogP contribution in [0.15, 0.2) is 24.4 Å². The van der Waals surface area contributed by atoms with Gasteiger partial charge in [0.1, 0.15) is 22.8 Å². The summed E-state index contributed by atoms with van der Waals surface area (Å²) >= 11 is 5.81. The molecular formula is C14H9ClF3N3. The lowest BCUT2D eigenvalue weighted by molar-refractivity contribution is 0.533. The smallest absolute Gasteiger partial charge is 0.165 e. The van der Waals surface area contributed by atoms with Gasteiger partial charge in [-0.1, -0.05) is 0 Å².